The summed E-state index contributed by atoms with van der Waals surface area (Å²) in [4.78, 5) is 15.5. The van der Waals surface area contributed by atoms with Gasteiger partial charge in [0.25, 0.3) is 0 Å². The van der Waals surface area contributed by atoms with Crippen molar-refractivity contribution in [1.82, 2.24) is 14.7 Å². The molecule has 3 rings (SSSR count). The van der Waals surface area contributed by atoms with E-state index in [1.807, 2.05) is 18.2 Å². The summed E-state index contributed by atoms with van der Waals surface area (Å²) < 4.78 is 7.99. The number of ketones is 1. The average molecular weight is 320 g/mol. The first-order chi connectivity index (χ1) is 9.15. The van der Waals surface area contributed by atoms with Crippen molar-refractivity contribution in [3.8, 4) is 0 Å². The van der Waals surface area contributed by atoms with Crippen molar-refractivity contribution < 1.29 is 9.32 Å². The highest BCUT2D eigenvalue weighted by atomic mass is 79.9. The molecule has 0 aliphatic heterocycles. The maximum absolute atomic E-state index is 11.4. The molecule has 0 spiro atoms. The van der Waals surface area contributed by atoms with Crippen molar-refractivity contribution in [3.05, 3.63) is 46.6 Å². The molecule has 96 valence electrons. The van der Waals surface area contributed by atoms with Crippen LogP contribution in [0, 0.1) is 0 Å². The first-order valence-corrected chi connectivity index (χ1v) is 6.50. The van der Waals surface area contributed by atoms with Crippen LogP contribution < -0.4 is 0 Å². The molecule has 0 N–H and O–H groups in total. The highest BCUT2D eigenvalue weighted by molar-refractivity contribution is 9.10. The lowest BCUT2D eigenvalue weighted by Crippen LogP contribution is -2.08. The Labute approximate surface area is 117 Å². The molecule has 0 amide bonds. The molecular weight excluding hydrogens is 310 g/mol. The van der Waals surface area contributed by atoms with E-state index in [0.717, 1.165) is 15.6 Å². The standard InChI is InChI=1S/C13H10BrN3O2/c1-8(18)13-15-4-5-17(13)7-11-10-3-2-9(14)6-12(10)19-16-11/h2-6H,7H2,1H3. The van der Waals surface area contributed by atoms with Crippen LogP contribution in [-0.4, -0.2) is 20.5 Å². The van der Waals surface area contributed by atoms with Crippen molar-refractivity contribution in [2.24, 2.45) is 0 Å². The minimum absolute atomic E-state index is 0.0689. The first kappa shape index (κ1) is 12.1. The number of Topliss-reactive ketones (excluding diaryl/α,β-unsaturated/α-hetero) is 1. The van der Waals surface area contributed by atoms with E-state index in [0.29, 0.717) is 18.0 Å². The quantitative estimate of drug-likeness (QED) is 0.696. The van der Waals surface area contributed by atoms with Crippen molar-refractivity contribution >= 4 is 32.7 Å². The number of aromatic nitrogens is 3. The van der Waals surface area contributed by atoms with Crippen LogP contribution in [0.5, 0.6) is 0 Å². The minimum Gasteiger partial charge on any atom is -0.356 e. The second kappa shape index (κ2) is 4.62. The molecule has 19 heavy (non-hydrogen) atoms. The van der Waals surface area contributed by atoms with E-state index in [4.69, 9.17) is 4.52 Å². The highest BCUT2D eigenvalue weighted by Gasteiger charge is 2.13. The van der Waals surface area contributed by atoms with Gasteiger partial charge in [0.2, 0.25) is 0 Å². The molecule has 5 nitrogen and oxygen atoms in total. The van der Waals surface area contributed by atoms with Crippen LogP contribution in [0.2, 0.25) is 0 Å². The maximum Gasteiger partial charge on any atom is 0.195 e. The number of rotatable bonds is 3. The summed E-state index contributed by atoms with van der Waals surface area (Å²) in [5.74, 6) is 0.355. The van der Waals surface area contributed by atoms with Crippen LogP contribution in [0.3, 0.4) is 0 Å². The van der Waals surface area contributed by atoms with Crippen molar-refractivity contribution in [1.29, 1.82) is 0 Å². The Kier molecular flexibility index (Phi) is 2.94. The van der Waals surface area contributed by atoms with Gasteiger partial charge in [-0.15, -0.1) is 0 Å². The SMILES string of the molecule is CC(=O)c1nccn1Cc1noc2cc(Br)ccc12. The number of imidazole rings is 1. The fourth-order valence-corrected chi connectivity index (χ4v) is 2.33. The fourth-order valence-electron chi connectivity index (χ4n) is 1.99. The van der Waals surface area contributed by atoms with Gasteiger partial charge < -0.3 is 9.09 Å². The lowest BCUT2D eigenvalue weighted by molar-refractivity contribution is 0.1000. The van der Waals surface area contributed by atoms with Gasteiger partial charge in [-0.1, -0.05) is 21.1 Å². The van der Waals surface area contributed by atoms with Crippen LogP contribution in [0.15, 0.2) is 39.6 Å². The molecule has 2 heterocycles. The van der Waals surface area contributed by atoms with Gasteiger partial charge in [-0.2, -0.15) is 0 Å². The van der Waals surface area contributed by atoms with Gasteiger partial charge in [0.15, 0.2) is 17.2 Å². The molecule has 0 atom stereocenters. The molecule has 3 aromatic rings. The molecular formula is C13H10BrN3O2. The number of hydrogen-bond acceptors (Lipinski definition) is 4. The Balaban J connectivity index is 2.01. The lowest BCUT2D eigenvalue weighted by Gasteiger charge is -2.02. The van der Waals surface area contributed by atoms with Crippen molar-refractivity contribution in [2.45, 2.75) is 13.5 Å². The highest BCUT2D eigenvalue weighted by Crippen LogP contribution is 2.23. The molecule has 0 aliphatic rings. The number of fused-ring (bicyclic) bond motifs is 1. The predicted molar refractivity (Wildman–Crippen MR) is 73.0 cm³/mol. The summed E-state index contributed by atoms with van der Waals surface area (Å²) in [6.45, 7) is 1.96. The molecule has 0 bridgehead atoms. The lowest BCUT2D eigenvalue weighted by atomic mass is 10.2. The fraction of sp³-hybridized carbons (Fsp3) is 0.154. The zero-order valence-electron chi connectivity index (χ0n) is 10.1. The van der Waals surface area contributed by atoms with Crippen LogP contribution in [-0.2, 0) is 6.54 Å². The Hall–Kier alpha value is -1.95. The molecule has 6 heteroatoms. The summed E-state index contributed by atoms with van der Waals surface area (Å²) in [5, 5.41) is 4.99. The summed E-state index contributed by atoms with van der Waals surface area (Å²) in [6, 6.07) is 5.74. The Morgan fingerprint density at radius 3 is 3.11 bits per heavy atom. The number of carbonyl (C=O) groups excluding carboxylic acids is 1. The number of hydrogen-bond donors (Lipinski definition) is 0. The zero-order valence-corrected chi connectivity index (χ0v) is 11.7. The summed E-state index contributed by atoms with van der Waals surface area (Å²) >= 11 is 3.39. The van der Waals surface area contributed by atoms with Crippen molar-refractivity contribution in [3.63, 3.8) is 0 Å². The summed E-state index contributed by atoms with van der Waals surface area (Å²) in [6.07, 6.45) is 3.37. The van der Waals surface area contributed by atoms with Crippen molar-refractivity contribution in [2.75, 3.05) is 0 Å². The molecule has 0 aliphatic carbocycles. The molecule has 0 unspecified atom stereocenters. The Morgan fingerprint density at radius 2 is 2.32 bits per heavy atom. The third-order valence-corrected chi connectivity index (χ3v) is 3.35. The maximum atomic E-state index is 11.4. The minimum atomic E-state index is -0.0689. The second-order valence-corrected chi connectivity index (χ2v) is 5.12. The number of benzene rings is 1. The van der Waals surface area contributed by atoms with E-state index in [2.05, 4.69) is 26.1 Å². The first-order valence-electron chi connectivity index (χ1n) is 5.71. The van der Waals surface area contributed by atoms with Crippen LogP contribution in [0.1, 0.15) is 23.2 Å². The largest absolute Gasteiger partial charge is 0.356 e. The van der Waals surface area contributed by atoms with E-state index < -0.39 is 0 Å². The van der Waals surface area contributed by atoms with E-state index in [1.54, 1.807) is 17.0 Å². The normalized spacial score (nSPS) is 11.1. The molecule has 0 saturated carbocycles. The van der Waals surface area contributed by atoms with E-state index >= 15 is 0 Å². The smallest absolute Gasteiger partial charge is 0.195 e. The summed E-state index contributed by atoms with van der Waals surface area (Å²) in [7, 11) is 0. The second-order valence-electron chi connectivity index (χ2n) is 4.20. The van der Waals surface area contributed by atoms with E-state index in [9.17, 15) is 4.79 Å². The van der Waals surface area contributed by atoms with Gasteiger partial charge in [0.05, 0.1) is 6.54 Å². The van der Waals surface area contributed by atoms with Gasteiger partial charge in [-0.25, -0.2) is 4.98 Å². The van der Waals surface area contributed by atoms with Gasteiger partial charge in [0.1, 0.15) is 5.69 Å². The Morgan fingerprint density at radius 1 is 1.47 bits per heavy atom. The molecule has 0 radical (unpaired) electrons. The van der Waals surface area contributed by atoms with Gasteiger partial charge >= 0.3 is 0 Å². The molecule has 1 aromatic carbocycles. The van der Waals surface area contributed by atoms with Gasteiger partial charge in [-0.3, -0.25) is 4.79 Å². The topological polar surface area (TPSA) is 60.9 Å². The van der Waals surface area contributed by atoms with Crippen LogP contribution >= 0.6 is 15.9 Å². The molecule has 0 fully saturated rings. The predicted octanol–water partition coefficient (Wildman–Crippen LogP) is 3.04. The third-order valence-electron chi connectivity index (χ3n) is 2.86. The number of carbonyl (C=O) groups is 1. The third kappa shape index (κ3) is 2.19. The average Bonchev–Trinajstić information content (AvgIpc) is 2.97. The van der Waals surface area contributed by atoms with Gasteiger partial charge in [0, 0.05) is 29.2 Å². The molecule has 0 saturated heterocycles. The molecule has 2 aromatic heterocycles. The summed E-state index contributed by atoms with van der Waals surface area (Å²) in [5.41, 5.74) is 1.50. The Bertz CT molecular complexity index is 760. The monoisotopic (exact) mass is 319 g/mol. The van der Waals surface area contributed by atoms with E-state index in [1.165, 1.54) is 6.92 Å². The number of halogens is 1. The van der Waals surface area contributed by atoms with Crippen LogP contribution in [0.4, 0.5) is 0 Å². The van der Waals surface area contributed by atoms with Crippen LogP contribution in [0.25, 0.3) is 11.0 Å². The van der Waals surface area contributed by atoms with E-state index in [-0.39, 0.29) is 5.78 Å². The number of nitrogens with zero attached hydrogens (tertiary/aromatic N) is 3. The zero-order chi connectivity index (χ0) is 13.4. The van der Waals surface area contributed by atoms with Gasteiger partial charge in [-0.05, 0) is 18.2 Å².